The minimum atomic E-state index is -4.48. The molecule has 3 nitrogen and oxygen atoms in total. The van der Waals surface area contributed by atoms with Crippen LogP contribution in [0.5, 0.6) is 0 Å². The molecule has 0 saturated heterocycles. The highest BCUT2D eigenvalue weighted by Crippen LogP contribution is 2.27. The fourth-order valence-corrected chi connectivity index (χ4v) is 1.28. The van der Waals surface area contributed by atoms with Gasteiger partial charge in [0.25, 0.3) is 0 Å². The Kier molecular flexibility index (Phi) is 4.05. The first-order valence-electron chi connectivity index (χ1n) is 4.23. The van der Waals surface area contributed by atoms with Crippen molar-refractivity contribution in [1.29, 1.82) is 0 Å². The number of amides is 2. The first-order valence-corrected chi connectivity index (χ1v) is 5.05. The van der Waals surface area contributed by atoms with Crippen LogP contribution < -0.4 is 9.62 Å². The maximum atomic E-state index is 11.8. The van der Waals surface area contributed by atoms with Crippen LogP contribution in [0.4, 0.5) is 23.7 Å². The van der Waals surface area contributed by atoms with E-state index < -0.39 is 23.5 Å². The van der Waals surface area contributed by atoms with Gasteiger partial charge in [-0.1, -0.05) is 18.2 Å². The van der Waals surface area contributed by atoms with Crippen LogP contribution in [0.15, 0.2) is 30.3 Å². The molecule has 0 saturated carbocycles. The van der Waals surface area contributed by atoms with Crippen LogP contribution in [0.1, 0.15) is 0 Å². The number of hydrogen-bond acceptors (Lipinski definition) is 2. The molecular formula is C9H9F3N2OS. The number of rotatable bonds is 2. The number of benzene rings is 1. The van der Waals surface area contributed by atoms with Crippen molar-refractivity contribution in [3.8, 4) is 0 Å². The fourth-order valence-electron chi connectivity index (χ4n) is 0.939. The Morgan fingerprint density at radius 3 is 2.38 bits per heavy atom. The second-order valence-electron chi connectivity index (χ2n) is 2.85. The van der Waals surface area contributed by atoms with E-state index in [0.717, 1.165) is 4.90 Å². The van der Waals surface area contributed by atoms with Gasteiger partial charge < -0.3 is 0 Å². The summed E-state index contributed by atoms with van der Waals surface area (Å²) < 4.78 is 37.1. The van der Waals surface area contributed by atoms with Crippen LogP contribution in [0, 0.1) is 0 Å². The van der Waals surface area contributed by atoms with E-state index in [-0.39, 0.29) is 0 Å². The third-order valence-corrected chi connectivity index (χ3v) is 2.21. The van der Waals surface area contributed by atoms with Gasteiger partial charge in [-0.3, -0.25) is 9.62 Å². The molecule has 0 atom stereocenters. The molecule has 0 bridgehead atoms. The number of nitrogens with zero attached hydrogens (tertiary/aromatic N) is 1. The van der Waals surface area contributed by atoms with Gasteiger partial charge in [-0.25, -0.2) is 4.79 Å². The average molecular weight is 250 g/mol. The van der Waals surface area contributed by atoms with Crippen molar-refractivity contribution in [2.24, 2.45) is 0 Å². The molecule has 2 amide bonds. The normalized spacial score (nSPS) is 11.0. The van der Waals surface area contributed by atoms with Crippen molar-refractivity contribution in [2.45, 2.75) is 5.51 Å². The average Bonchev–Trinajstić information content (AvgIpc) is 2.25. The van der Waals surface area contributed by atoms with Crippen molar-refractivity contribution < 1.29 is 18.0 Å². The Morgan fingerprint density at radius 2 is 1.88 bits per heavy atom. The van der Waals surface area contributed by atoms with E-state index in [1.54, 1.807) is 35.1 Å². The highest BCUT2D eigenvalue weighted by atomic mass is 32.2. The molecule has 1 rings (SSSR count). The van der Waals surface area contributed by atoms with Crippen molar-refractivity contribution >= 4 is 23.7 Å². The van der Waals surface area contributed by atoms with E-state index >= 15 is 0 Å². The van der Waals surface area contributed by atoms with Gasteiger partial charge in [-0.05, 0) is 12.1 Å². The van der Waals surface area contributed by atoms with Gasteiger partial charge >= 0.3 is 11.5 Å². The summed E-state index contributed by atoms with van der Waals surface area (Å²) in [7, 11) is 1.39. The molecule has 88 valence electrons. The van der Waals surface area contributed by atoms with Crippen molar-refractivity contribution in [3.63, 3.8) is 0 Å². The lowest BCUT2D eigenvalue weighted by Gasteiger charge is -2.17. The van der Waals surface area contributed by atoms with Crippen LogP contribution in [-0.4, -0.2) is 18.6 Å². The Bertz CT molecular complexity index is 356. The van der Waals surface area contributed by atoms with Crippen molar-refractivity contribution in [2.75, 3.05) is 11.9 Å². The van der Waals surface area contributed by atoms with Crippen LogP contribution in [0.2, 0.25) is 0 Å². The first kappa shape index (κ1) is 12.7. The molecule has 0 aliphatic heterocycles. The molecule has 0 aromatic heterocycles. The standard InChI is InChI=1S/C9H9F3N2OS/c1-14(7-5-3-2-4-6-7)8(15)13-16-9(10,11)12/h2-6H,1H3,(H,13,15). The summed E-state index contributed by atoms with van der Waals surface area (Å²) in [4.78, 5) is 12.4. The topological polar surface area (TPSA) is 32.3 Å². The number of carbonyl (C=O) groups is 1. The van der Waals surface area contributed by atoms with E-state index in [1.165, 1.54) is 7.05 Å². The lowest BCUT2D eigenvalue weighted by Crippen LogP contribution is -2.35. The summed E-state index contributed by atoms with van der Waals surface area (Å²) >= 11 is -0.577. The summed E-state index contributed by atoms with van der Waals surface area (Å²) in [5.74, 6) is 0. The van der Waals surface area contributed by atoms with Gasteiger partial charge in [0.2, 0.25) is 0 Å². The predicted octanol–water partition coefficient (Wildman–Crippen LogP) is 3.00. The Hall–Kier alpha value is -1.37. The zero-order valence-corrected chi connectivity index (χ0v) is 9.10. The van der Waals surface area contributed by atoms with Gasteiger partial charge in [-0.2, -0.15) is 13.2 Å². The Morgan fingerprint density at radius 1 is 1.31 bits per heavy atom. The van der Waals surface area contributed by atoms with Crippen molar-refractivity contribution in [1.82, 2.24) is 4.72 Å². The molecule has 0 unspecified atom stereocenters. The highest BCUT2D eigenvalue weighted by Gasteiger charge is 2.30. The molecule has 0 radical (unpaired) electrons. The quantitative estimate of drug-likeness (QED) is 0.818. The fraction of sp³-hybridized carbons (Fsp3) is 0.222. The van der Waals surface area contributed by atoms with E-state index in [1.807, 2.05) is 0 Å². The summed E-state index contributed by atoms with van der Waals surface area (Å²) in [6.07, 6.45) is 0. The van der Waals surface area contributed by atoms with Gasteiger partial charge in [0.1, 0.15) is 0 Å². The number of para-hydroxylation sites is 1. The van der Waals surface area contributed by atoms with E-state index in [4.69, 9.17) is 0 Å². The van der Waals surface area contributed by atoms with Gasteiger partial charge in [0.15, 0.2) is 0 Å². The summed E-state index contributed by atoms with van der Waals surface area (Å²) in [6.45, 7) is 0. The minimum absolute atomic E-state index is 0.516. The second-order valence-corrected chi connectivity index (χ2v) is 3.72. The smallest absolute Gasteiger partial charge is 0.297 e. The number of halogens is 3. The summed E-state index contributed by atoms with van der Waals surface area (Å²) in [5, 5.41) is 0. The van der Waals surface area contributed by atoms with Gasteiger partial charge in [-0.15, -0.1) is 0 Å². The Balaban J connectivity index is 2.55. The molecule has 0 aliphatic carbocycles. The SMILES string of the molecule is CN(C(=O)NSC(F)(F)F)c1ccccc1. The molecule has 16 heavy (non-hydrogen) atoms. The van der Waals surface area contributed by atoms with Crippen LogP contribution in [0.25, 0.3) is 0 Å². The largest absolute Gasteiger partial charge is 0.461 e. The number of hydrogen-bond donors (Lipinski definition) is 1. The molecule has 1 N–H and O–H groups in total. The Labute approximate surface area is 94.8 Å². The van der Waals surface area contributed by atoms with Gasteiger partial charge in [0, 0.05) is 12.7 Å². The zero-order chi connectivity index (χ0) is 12.2. The maximum Gasteiger partial charge on any atom is 0.461 e. The maximum absolute atomic E-state index is 11.8. The molecular weight excluding hydrogens is 241 g/mol. The lowest BCUT2D eigenvalue weighted by molar-refractivity contribution is -0.0333. The molecule has 0 heterocycles. The number of urea groups is 1. The molecule has 0 fully saturated rings. The number of alkyl halides is 3. The molecule has 1 aromatic carbocycles. The molecule has 0 spiro atoms. The first-order chi connectivity index (χ1) is 7.40. The monoisotopic (exact) mass is 250 g/mol. The van der Waals surface area contributed by atoms with Crippen molar-refractivity contribution in [3.05, 3.63) is 30.3 Å². The lowest BCUT2D eigenvalue weighted by atomic mass is 10.3. The van der Waals surface area contributed by atoms with Gasteiger partial charge in [0.05, 0.1) is 11.9 Å². The summed E-state index contributed by atoms with van der Waals surface area (Å²) in [6, 6.07) is 7.55. The van der Waals surface area contributed by atoms with E-state index in [0.29, 0.717) is 5.69 Å². The van der Waals surface area contributed by atoms with Crippen LogP contribution >= 0.6 is 11.9 Å². The number of carbonyl (C=O) groups excluding carboxylic acids is 1. The highest BCUT2D eigenvalue weighted by molar-refractivity contribution is 7.98. The zero-order valence-electron chi connectivity index (χ0n) is 8.28. The number of anilines is 1. The molecule has 7 heteroatoms. The van der Waals surface area contributed by atoms with Crippen LogP contribution in [0.3, 0.4) is 0 Å². The summed E-state index contributed by atoms with van der Waals surface area (Å²) in [5.41, 5.74) is -3.96. The number of nitrogens with one attached hydrogen (secondary N) is 1. The third-order valence-electron chi connectivity index (χ3n) is 1.70. The second kappa shape index (κ2) is 5.11. The minimum Gasteiger partial charge on any atom is -0.297 e. The van der Waals surface area contributed by atoms with E-state index in [9.17, 15) is 18.0 Å². The molecule has 1 aromatic rings. The third kappa shape index (κ3) is 4.01. The predicted molar refractivity (Wildman–Crippen MR) is 57.0 cm³/mol. The van der Waals surface area contributed by atoms with E-state index in [2.05, 4.69) is 0 Å². The van der Waals surface area contributed by atoms with Crippen LogP contribution in [-0.2, 0) is 0 Å². The molecule has 0 aliphatic rings.